The van der Waals surface area contributed by atoms with E-state index >= 15 is 0 Å². The van der Waals surface area contributed by atoms with Crippen LogP contribution in [0, 0.1) is 17.1 Å². The molecule has 2 N–H and O–H groups in total. The summed E-state index contributed by atoms with van der Waals surface area (Å²) < 4.78 is 16.0. The van der Waals surface area contributed by atoms with E-state index in [0.717, 1.165) is 5.56 Å². The Kier molecular flexibility index (Phi) is 3.81. The normalized spacial score (nSPS) is 23.4. The van der Waals surface area contributed by atoms with Crippen LogP contribution >= 0.6 is 0 Å². The van der Waals surface area contributed by atoms with E-state index in [0.29, 0.717) is 28.9 Å². The molecule has 3 atom stereocenters. The van der Waals surface area contributed by atoms with E-state index in [1.54, 1.807) is 23.0 Å². The van der Waals surface area contributed by atoms with Crippen LogP contribution in [-0.2, 0) is 4.79 Å². The number of nitrogens with zero attached hydrogens (tertiary/aromatic N) is 4. The van der Waals surface area contributed by atoms with E-state index in [-0.39, 0.29) is 24.2 Å². The molecule has 1 aliphatic carbocycles. The number of imide groups is 1. The molecule has 29 heavy (non-hydrogen) atoms. The Morgan fingerprint density at radius 1 is 1.21 bits per heavy atom. The third-order valence-electron chi connectivity index (χ3n) is 5.50. The molecule has 0 bridgehead atoms. The maximum absolute atomic E-state index is 14.4. The molecule has 2 aromatic heterocycles. The summed E-state index contributed by atoms with van der Waals surface area (Å²) in [5.74, 6) is -1.43. The highest BCUT2D eigenvalue weighted by molar-refractivity contribution is 6.00. The molecule has 3 aromatic rings. The average molecular weight is 390 g/mol. The molecule has 1 aromatic carbocycles. The van der Waals surface area contributed by atoms with Crippen LogP contribution < -0.4 is 10.6 Å². The van der Waals surface area contributed by atoms with Crippen molar-refractivity contribution in [1.29, 1.82) is 5.26 Å². The van der Waals surface area contributed by atoms with Gasteiger partial charge in [-0.25, -0.2) is 18.7 Å². The number of aromatic nitrogens is 3. The number of nitriles is 1. The number of fused-ring (bicyclic) bond motifs is 1. The van der Waals surface area contributed by atoms with Crippen molar-refractivity contribution in [3.63, 3.8) is 0 Å². The van der Waals surface area contributed by atoms with Gasteiger partial charge in [-0.3, -0.25) is 10.1 Å². The van der Waals surface area contributed by atoms with Gasteiger partial charge in [0, 0.05) is 24.5 Å². The molecule has 1 saturated carbocycles. The highest BCUT2D eigenvalue weighted by Gasteiger charge is 2.43. The second-order valence-electron chi connectivity index (χ2n) is 7.27. The topological polar surface area (TPSA) is 112 Å². The first-order chi connectivity index (χ1) is 14.0. The molecular weight excluding hydrogens is 375 g/mol. The summed E-state index contributed by atoms with van der Waals surface area (Å²) in [6, 6.07) is 7.72. The van der Waals surface area contributed by atoms with Gasteiger partial charge < -0.3 is 5.32 Å². The van der Waals surface area contributed by atoms with Crippen molar-refractivity contribution in [3.05, 3.63) is 64.9 Å². The standard InChI is InChI=1S/C20H15FN6O2/c21-16-2-1-10(8-22)5-13(16)11-6-12(11)14-7-17(26-27-4-3-23-18(14)27)15-9-24-20(29)25-19(15)28/h1-5,7,11-12,15H,6,9H2,(H2,24,25,28,29)/t11-,12-,15?/m0/s1. The Bertz CT molecular complexity index is 1210. The lowest BCUT2D eigenvalue weighted by molar-refractivity contribution is -0.122. The van der Waals surface area contributed by atoms with Crippen molar-refractivity contribution in [2.75, 3.05) is 6.54 Å². The first-order valence-electron chi connectivity index (χ1n) is 9.17. The van der Waals surface area contributed by atoms with Gasteiger partial charge in [0.2, 0.25) is 5.91 Å². The van der Waals surface area contributed by atoms with Gasteiger partial charge in [0.25, 0.3) is 0 Å². The minimum atomic E-state index is -0.617. The molecule has 1 aliphatic heterocycles. The van der Waals surface area contributed by atoms with Crippen LogP contribution in [0.4, 0.5) is 9.18 Å². The van der Waals surface area contributed by atoms with E-state index in [1.165, 1.54) is 12.1 Å². The van der Waals surface area contributed by atoms with Gasteiger partial charge in [-0.15, -0.1) is 0 Å². The summed E-state index contributed by atoms with van der Waals surface area (Å²) in [6.45, 7) is 0.157. The number of halogens is 1. The third kappa shape index (κ3) is 2.89. The van der Waals surface area contributed by atoms with Crippen LogP contribution in [0.3, 0.4) is 0 Å². The molecule has 144 valence electrons. The zero-order chi connectivity index (χ0) is 20.1. The van der Waals surface area contributed by atoms with Gasteiger partial charge in [0.05, 0.1) is 23.2 Å². The molecule has 2 aliphatic rings. The van der Waals surface area contributed by atoms with E-state index < -0.39 is 17.9 Å². The fraction of sp³-hybridized carbons (Fsp3) is 0.250. The number of carbonyl (C=O) groups excluding carboxylic acids is 2. The zero-order valence-electron chi connectivity index (χ0n) is 15.1. The lowest BCUT2D eigenvalue weighted by atomic mass is 9.98. The number of imidazole rings is 1. The molecule has 3 heterocycles. The molecule has 3 amide bonds. The second-order valence-corrected chi connectivity index (χ2v) is 7.27. The zero-order valence-corrected chi connectivity index (χ0v) is 15.1. The van der Waals surface area contributed by atoms with Gasteiger partial charge in [0.1, 0.15) is 5.82 Å². The molecule has 5 rings (SSSR count). The van der Waals surface area contributed by atoms with Crippen molar-refractivity contribution in [1.82, 2.24) is 25.2 Å². The van der Waals surface area contributed by atoms with Gasteiger partial charge >= 0.3 is 6.03 Å². The van der Waals surface area contributed by atoms with E-state index in [9.17, 15) is 14.0 Å². The average Bonchev–Trinajstić information content (AvgIpc) is 3.35. The van der Waals surface area contributed by atoms with Crippen LogP contribution in [-0.4, -0.2) is 33.1 Å². The minimum absolute atomic E-state index is 0.00587. The van der Waals surface area contributed by atoms with Crippen LogP contribution in [0.15, 0.2) is 36.7 Å². The number of hydrogen-bond donors (Lipinski definition) is 2. The molecular formula is C20H15FN6O2. The summed E-state index contributed by atoms with van der Waals surface area (Å²) in [5, 5.41) is 18.4. The molecule has 9 heteroatoms. The number of rotatable bonds is 3. The molecule has 0 radical (unpaired) electrons. The minimum Gasteiger partial charge on any atom is -0.337 e. The van der Waals surface area contributed by atoms with Gasteiger partial charge in [-0.1, -0.05) is 0 Å². The molecule has 2 fully saturated rings. The Hall–Kier alpha value is -3.80. The van der Waals surface area contributed by atoms with Crippen molar-refractivity contribution >= 4 is 17.6 Å². The first kappa shape index (κ1) is 17.3. The lowest BCUT2D eigenvalue weighted by Gasteiger charge is -2.22. The Morgan fingerprint density at radius 3 is 2.83 bits per heavy atom. The summed E-state index contributed by atoms with van der Waals surface area (Å²) in [5.41, 5.74) is 2.97. The SMILES string of the molecule is N#Cc1ccc(F)c([C@H]2C[C@@H]2c2cc(C3CNC(=O)NC3=O)nn3ccnc23)c1. The molecule has 1 unspecified atom stereocenters. The highest BCUT2D eigenvalue weighted by Crippen LogP contribution is 2.56. The fourth-order valence-electron chi connectivity index (χ4n) is 3.95. The quantitative estimate of drug-likeness (QED) is 0.710. The number of nitrogens with one attached hydrogen (secondary N) is 2. The van der Waals surface area contributed by atoms with Gasteiger partial charge in [-0.05, 0) is 48.1 Å². The summed E-state index contributed by atoms with van der Waals surface area (Å²) >= 11 is 0. The van der Waals surface area contributed by atoms with Gasteiger partial charge in [-0.2, -0.15) is 10.4 Å². The van der Waals surface area contributed by atoms with E-state index in [1.807, 2.05) is 12.1 Å². The lowest BCUT2D eigenvalue weighted by Crippen LogP contribution is -2.51. The van der Waals surface area contributed by atoms with Crippen LogP contribution in [0.1, 0.15) is 46.6 Å². The number of benzene rings is 1. The Labute approximate surface area is 164 Å². The number of urea groups is 1. The fourth-order valence-corrected chi connectivity index (χ4v) is 3.95. The highest BCUT2D eigenvalue weighted by atomic mass is 19.1. The predicted octanol–water partition coefficient (Wildman–Crippen LogP) is 1.93. The monoisotopic (exact) mass is 390 g/mol. The first-order valence-corrected chi connectivity index (χ1v) is 9.17. The van der Waals surface area contributed by atoms with Crippen molar-refractivity contribution < 1.29 is 14.0 Å². The van der Waals surface area contributed by atoms with Crippen molar-refractivity contribution in [3.8, 4) is 6.07 Å². The third-order valence-corrected chi connectivity index (χ3v) is 5.50. The van der Waals surface area contributed by atoms with Gasteiger partial charge in [0.15, 0.2) is 5.65 Å². The summed E-state index contributed by atoms with van der Waals surface area (Å²) in [7, 11) is 0. The maximum Gasteiger partial charge on any atom is 0.321 e. The van der Waals surface area contributed by atoms with Crippen LogP contribution in [0.5, 0.6) is 0 Å². The van der Waals surface area contributed by atoms with E-state index in [2.05, 4.69) is 20.7 Å². The number of amides is 3. The molecule has 0 spiro atoms. The smallest absolute Gasteiger partial charge is 0.321 e. The van der Waals surface area contributed by atoms with Crippen LogP contribution in [0.2, 0.25) is 0 Å². The van der Waals surface area contributed by atoms with Crippen molar-refractivity contribution in [2.45, 2.75) is 24.2 Å². The molecule has 1 saturated heterocycles. The number of hydrogen-bond acceptors (Lipinski definition) is 5. The second kappa shape index (κ2) is 6.38. The summed E-state index contributed by atoms with van der Waals surface area (Å²) in [4.78, 5) is 28.0. The van der Waals surface area contributed by atoms with E-state index in [4.69, 9.17) is 5.26 Å². The van der Waals surface area contributed by atoms with Crippen LogP contribution in [0.25, 0.3) is 5.65 Å². The largest absolute Gasteiger partial charge is 0.337 e. The molecule has 8 nitrogen and oxygen atoms in total. The Morgan fingerprint density at radius 2 is 2.03 bits per heavy atom. The predicted molar refractivity (Wildman–Crippen MR) is 98.5 cm³/mol. The number of carbonyl (C=O) groups is 2. The van der Waals surface area contributed by atoms with Crippen molar-refractivity contribution in [2.24, 2.45) is 0 Å². The maximum atomic E-state index is 14.4. The summed E-state index contributed by atoms with van der Waals surface area (Å²) in [6.07, 6.45) is 4.02. The Balaban J connectivity index is 1.53.